The van der Waals surface area contributed by atoms with Crippen LogP contribution in [0, 0.1) is 0 Å². The molecule has 3 aliphatic heterocycles. The summed E-state index contributed by atoms with van der Waals surface area (Å²) in [6.45, 7) is 6.57. The number of amides is 3. The summed E-state index contributed by atoms with van der Waals surface area (Å²) in [5, 5.41) is 11.2. The summed E-state index contributed by atoms with van der Waals surface area (Å²) in [6.07, 6.45) is 2.60. The number of rotatable bonds is 10. The van der Waals surface area contributed by atoms with Crippen molar-refractivity contribution in [1.29, 1.82) is 0 Å². The molecule has 3 amide bonds. The van der Waals surface area contributed by atoms with Gasteiger partial charge < -0.3 is 44.7 Å². The monoisotopic (exact) mass is 783 g/mol. The van der Waals surface area contributed by atoms with Crippen LogP contribution in [0.2, 0.25) is 10.0 Å². The Hall–Kier alpha value is -4.23. The predicted octanol–water partition coefficient (Wildman–Crippen LogP) is 5.62. The van der Waals surface area contributed by atoms with E-state index in [0.717, 1.165) is 56.7 Å². The number of nitrogens with two attached hydrogens (primary N) is 1. The smallest absolute Gasteiger partial charge is 0.314 e. The Morgan fingerprint density at radius 3 is 1.93 bits per heavy atom. The minimum absolute atomic E-state index is 0.127. The number of piperazine rings is 1. The van der Waals surface area contributed by atoms with Crippen molar-refractivity contribution in [2.24, 2.45) is 5.73 Å². The zero-order chi connectivity index (χ0) is 39.0. The number of ether oxygens (including phenoxy) is 3. The number of piperidine rings is 1. The van der Waals surface area contributed by atoms with Crippen LogP contribution in [-0.4, -0.2) is 130 Å². The molecule has 0 aromatic heterocycles. The third kappa shape index (κ3) is 9.00. The standard InChI is InChI=1S/C34H38Cl2N2O6.C6H13N3O/c1-42-28-19-23(20-29(43-2)30(28)44-3)31(39)38-18-12-33(22-38,25-9-10-26(35)27(36)21-25)11-15-37-16-13-34(14-17-37,32(40)41)24-7-5-4-6-8-24;1-8-2-4-9(5-3-8)6(7)10/h4-10,19-21H,11-18,22H2,1-3H3,(H,40,41);2-5H2,1H3,(H2,7,10). The van der Waals surface area contributed by atoms with Crippen molar-refractivity contribution < 1.29 is 33.7 Å². The molecule has 6 rings (SSSR count). The number of likely N-dealkylation sites (tertiary alicyclic amines) is 2. The number of urea groups is 1. The van der Waals surface area contributed by atoms with Crippen molar-refractivity contribution in [3.05, 3.63) is 87.4 Å². The van der Waals surface area contributed by atoms with Crippen molar-refractivity contribution in [3.63, 3.8) is 0 Å². The van der Waals surface area contributed by atoms with Gasteiger partial charge in [0.1, 0.15) is 0 Å². The SMILES string of the molecule is CN1CCN(C(N)=O)CC1.COc1cc(C(=O)N2CCC(CCN3CCC(C(=O)O)(c4ccccc4)CC3)(c3ccc(Cl)c(Cl)c3)C2)cc(OC)c1OC. The molecule has 0 saturated carbocycles. The number of carboxylic acid groups (broad SMARTS) is 1. The molecule has 0 bridgehead atoms. The molecule has 3 aromatic carbocycles. The van der Waals surface area contributed by atoms with Crippen LogP contribution in [0.4, 0.5) is 4.79 Å². The summed E-state index contributed by atoms with van der Waals surface area (Å²) in [6, 6.07) is 18.3. The molecule has 0 spiro atoms. The van der Waals surface area contributed by atoms with Crippen molar-refractivity contribution >= 4 is 41.1 Å². The Bertz CT molecular complexity index is 1760. The zero-order valence-corrected chi connectivity index (χ0v) is 33.0. The highest BCUT2D eigenvalue weighted by Crippen LogP contribution is 2.43. The number of methoxy groups -OCH3 is 3. The zero-order valence-electron chi connectivity index (χ0n) is 31.5. The molecular formula is C40H51Cl2N5O7. The van der Waals surface area contributed by atoms with Crippen LogP contribution in [0.5, 0.6) is 17.2 Å². The minimum Gasteiger partial charge on any atom is -0.493 e. The van der Waals surface area contributed by atoms with Crippen molar-refractivity contribution in [2.45, 2.75) is 36.5 Å². The number of primary amides is 1. The van der Waals surface area contributed by atoms with E-state index in [0.29, 0.717) is 71.9 Å². The number of carbonyl (C=O) groups excluding carboxylic acids is 2. The number of halogens is 2. The molecule has 3 saturated heterocycles. The van der Waals surface area contributed by atoms with Gasteiger partial charge in [-0.2, -0.15) is 0 Å². The summed E-state index contributed by atoms with van der Waals surface area (Å²) >= 11 is 12.8. The van der Waals surface area contributed by atoms with E-state index in [4.69, 9.17) is 43.1 Å². The highest BCUT2D eigenvalue weighted by molar-refractivity contribution is 6.42. The summed E-state index contributed by atoms with van der Waals surface area (Å²) in [5.41, 5.74) is 6.19. The first-order valence-corrected chi connectivity index (χ1v) is 18.9. The normalized spacial score (nSPS) is 20.1. The maximum absolute atomic E-state index is 13.9. The first-order chi connectivity index (χ1) is 25.9. The first kappa shape index (κ1) is 40.9. The Kier molecular flexibility index (Phi) is 13.6. The molecule has 1 atom stereocenters. The van der Waals surface area contributed by atoms with Gasteiger partial charge in [-0.1, -0.05) is 59.6 Å². The fourth-order valence-corrected chi connectivity index (χ4v) is 8.08. The highest BCUT2D eigenvalue weighted by atomic mass is 35.5. The summed E-state index contributed by atoms with van der Waals surface area (Å²) in [4.78, 5) is 45.0. The van der Waals surface area contributed by atoms with Crippen molar-refractivity contribution in [3.8, 4) is 17.2 Å². The van der Waals surface area contributed by atoms with Gasteiger partial charge in [-0.15, -0.1) is 0 Å². The molecule has 0 aliphatic carbocycles. The summed E-state index contributed by atoms with van der Waals surface area (Å²) in [7, 11) is 6.62. The van der Waals surface area contributed by atoms with Gasteiger partial charge >= 0.3 is 12.0 Å². The molecule has 3 aliphatic rings. The van der Waals surface area contributed by atoms with E-state index in [2.05, 4.69) is 9.80 Å². The summed E-state index contributed by atoms with van der Waals surface area (Å²) < 4.78 is 16.4. The van der Waals surface area contributed by atoms with Gasteiger partial charge in [0.2, 0.25) is 5.75 Å². The number of likely N-dealkylation sites (N-methyl/N-ethyl adjacent to an activating group) is 1. The maximum atomic E-state index is 13.9. The third-order valence-electron chi connectivity index (χ3n) is 11.3. The molecule has 3 fully saturated rings. The van der Waals surface area contributed by atoms with Gasteiger partial charge in [-0.05, 0) is 87.8 Å². The Labute approximate surface area is 327 Å². The van der Waals surface area contributed by atoms with E-state index in [1.165, 1.54) is 21.3 Å². The largest absolute Gasteiger partial charge is 0.493 e. The lowest BCUT2D eigenvalue weighted by molar-refractivity contribution is -0.146. The lowest BCUT2D eigenvalue weighted by Crippen LogP contribution is -2.49. The van der Waals surface area contributed by atoms with Crippen LogP contribution in [0.15, 0.2) is 60.7 Å². The number of hydrogen-bond acceptors (Lipinski definition) is 8. The molecule has 1 unspecified atom stereocenters. The molecule has 0 radical (unpaired) electrons. The van der Waals surface area contributed by atoms with Gasteiger partial charge in [0.15, 0.2) is 11.5 Å². The number of carboxylic acids is 1. The number of nitrogens with zero attached hydrogens (tertiary/aromatic N) is 4. The van der Waals surface area contributed by atoms with Crippen LogP contribution in [0.25, 0.3) is 0 Å². The van der Waals surface area contributed by atoms with Gasteiger partial charge in [-0.3, -0.25) is 9.59 Å². The van der Waals surface area contributed by atoms with E-state index in [1.807, 2.05) is 60.5 Å². The average Bonchev–Trinajstić information content (AvgIpc) is 3.63. The molecule has 3 aromatic rings. The topological polar surface area (TPSA) is 138 Å². The lowest BCUT2D eigenvalue weighted by Gasteiger charge is -2.40. The van der Waals surface area contributed by atoms with Crippen LogP contribution in [0.1, 0.15) is 47.2 Å². The molecule has 12 nitrogen and oxygen atoms in total. The molecule has 54 heavy (non-hydrogen) atoms. The first-order valence-electron chi connectivity index (χ1n) is 18.2. The van der Waals surface area contributed by atoms with Gasteiger partial charge in [0, 0.05) is 50.2 Å². The van der Waals surface area contributed by atoms with Crippen LogP contribution >= 0.6 is 23.2 Å². The Balaban J connectivity index is 0.000000486. The van der Waals surface area contributed by atoms with Gasteiger partial charge in [0.05, 0.1) is 36.8 Å². The van der Waals surface area contributed by atoms with E-state index in [1.54, 1.807) is 17.0 Å². The van der Waals surface area contributed by atoms with E-state index in [9.17, 15) is 19.5 Å². The molecule has 3 N–H and O–H groups in total. The lowest BCUT2D eigenvalue weighted by atomic mass is 9.72. The second-order valence-electron chi connectivity index (χ2n) is 14.3. The molecule has 292 valence electrons. The second-order valence-corrected chi connectivity index (χ2v) is 15.1. The Morgan fingerprint density at radius 1 is 0.759 bits per heavy atom. The predicted molar refractivity (Wildman–Crippen MR) is 209 cm³/mol. The number of carbonyl (C=O) groups is 3. The third-order valence-corrected chi connectivity index (χ3v) is 12.0. The maximum Gasteiger partial charge on any atom is 0.314 e. The van der Waals surface area contributed by atoms with Crippen LogP contribution in [0.3, 0.4) is 0 Å². The average molecular weight is 785 g/mol. The number of hydrogen-bond donors (Lipinski definition) is 2. The fourth-order valence-electron chi connectivity index (χ4n) is 7.78. The highest BCUT2D eigenvalue weighted by Gasteiger charge is 2.45. The van der Waals surface area contributed by atoms with Gasteiger partial charge in [0.25, 0.3) is 5.91 Å². The van der Waals surface area contributed by atoms with E-state index in [-0.39, 0.29) is 17.4 Å². The van der Waals surface area contributed by atoms with Gasteiger partial charge in [-0.25, -0.2) is 4.79 Å². The summed E-state index contributed by atoms with van der Waals surface area (Å²) in [5.74, 6) is 0.371. The van der Waals surface area contributed by atoms with Crippen molar-refractivity contribution in [2.75, 3.05) is 87.3 Å². The van der Waals surface area contributed by atoms with E-state index >= 15 is 0 Å². The molecule has 3 heterocycles. The minimum atomic E-state index is -0.879. The Morgan fingerprint density at radius 2 is 1.39 bits per heavy atom. The fraction of sp³-hybridized carbons (Fsp3) is 0.475. The molecular weight excluding hydrogens is 733 g/mol. The van der Waals surface area contributed by atoms with Crippen molar-refractivity contribution in [1.82, 2.24) is 19.6 Å². The molecule has 14 heteroatoms. The number of aliphatic carboxylic acids is 1. The van der Waals surface area contributed by atoms with Crippen LogP contribution < -0.4 is 19.9 Å². The van der Waals surface area contributed by atoms with E-state index < -0.39 is 11.4 Å². The second kappa shape index (κ2) is 17.9. The quantitative estimate of drug-likeness (QED) is 0.268. The van der Waals surface area contributed by atoms with Crippen LogP contribution in [-0.2, 0) is 15.6 Å². The number of benzene rings is 3.